The van der Waals surface area contributed by atoms with Crippen molar-refractivity contribution in [1.82, 2.24) is 0 Å². The molecule has 0 N–H and O–H groups in total. The van der Waals surface area contributed by atoms with Crippen LogP contribution in [0.15, 0.2) is 30.3 Å². The zero-order valence-electron chi connectivity index (χ0n) is 27.2. The van der Waals surface area contributed by atoms with Crippen LogP contribution in [-0.4, -0.2) is 23.2 Å². The minimum absolute atomic E-state index is 0.245. The highest BCUT2D eigenvalue weighted by Gasteiger charge is 2.51. The fourth-order valence-corrected chi connectivity index (χ4v) is 7.52. The van der Waals surface area contributed by atoms with Gasteiger partial charge in [-0.2, -0.15) is 0 Å². The Bertz CT molecular complexity index is 631. The quantitative estimate of drug-likeness (QED) is 0.0749. The van der Waals surface area contributed by atoms with Crippen molar-refractivity contribution in [1.29, 1.82) is 0 Å². The molecular weight excluding hydrogens is 492 g/mol. The summed E-state index contributed by atoms with van der Waals surface area (Å²) >= 11 is 0. The molecule has 0 saturated heterocycles. The van der Waals surface area contributed by atoms with Gasteiger partial charge in [-0.05, 0) is 24.8 Å². The smallest absolute Gasteiger partial charge is 0.147 e. The van der Waals surface area contributed by atoms with E-state index in [1.165, 1.54) is 140 Å². The predicted molar refractivity (Wildman–Crippen MR) is 177 cm³/mol. The molecule has 0 heterocycles. The molecule has 1 unspecified atom stereocenters. The molecule has 0 aromatic heterocycles. The van der Waals surface area contributed by atoms with Gasteiger partial charge in [-0.3, -0.25) is 0 Å². The fourth-order valence-electron chi connectivity index (χ4n) is 6.71. The number of ether oxygens (including phenoxy) is 1. The Kier molecular flexibility index (Phi) is 22.4. The van der Waals surface area contributed by atoms with E-state index < -0.39 is 0 Å². The van der Waals surface area contributed by atoms with Gasteiger partial charge in [0.1, 0.15) is 16.1 Å². The Morgan fingerprint density at radius 3 is 1.23 bits per heavy atom. The third-order valence-corrected chi connectivity index (χ3v) is 9.91. The maximum absolute atomic E-state index is 6.86. The van der Waals surface area contributed by atoms with Crippen molar-refractivity contribution >= 4 is 10.5 Å². The predicted octanol–water partition coefficient (Wildman–Crippen LogP) is 11.0. The number of rotatable bonds is 28. The average Bonchev–Trinajstić information content (AvgIpc) is 2.97. The molecule has 39 heavy (non-hydrogen) atoms. The summed E-state index contributed by atoms with van der Waals surface area (Å²) in [7, 11) is 2.72. The zero-order chi connectivity index (χ0) is 28.5. The van der Waals surface area contributed by atoms with Crippen molar-refractivity contribution in [3.8, 4) is 0 Å². The van der Waals surface area contributed by atoms with Crippen LogP contribution in [0.1, 0.15) is 180 Å². The Balaban J connectivity index is 3.06. The SMILES string of the molecule is CCCCCCCCCC(CCCCCCCCC)(OC)C(CCCCCCCCC)(O[SiH3])c1ccccc1. The fraction of sp³-hybridized carbons (Fsp3) is 0.833. The molecule has 0 saturated carbocycles. The number of hydrogen-bond donors (Lipinski definition) is 0. The van der Waals surface area contributed by atoms with Gasteiger partial charge in [-0.1, -0.05) is 186 Å². The molecule has 0 aliphatic rings. The van der Waals surface area contributed by atoms with Crippen molar-refractivity contribution < 1.29 is 9.16 Å². The molecule has 0 radical (unpaired) electrons. The molecule has 228 valence electrons. The van der Waals surface area contributed by atoms with Gasteiger partial charge in [-0.25, -0.2) is 0 Å². The van der Waals surface area contributed by atoms with E-state index in [0.29, 0.717) is 0 Å². The van der Waals surface area contributed by atoms with Crippen LogP contribution in [0.3, 0.4) is 0 Å². The normalized spacial score (nSPS) is 13.6. The summed E-state index contributed by atoms with van der Waals surface area (Å²) in [6.07, 6.45) is 31.4. The highest BCUT2D eigenvalue weighted by Crippen LogP contribution is 2.48. The van der Waals surface area contributed by atoms with Crippen molar-refractivity contribution in [2.75, 3.05) is 7.11 Å². The number of unbranched alkanes of at least 4 members (excludes halogenated alkanes) is 18. The largest absolute Gasteiger partial charge is 0.416 e. The van der Waals surface area contributed by atoms with Crippen LogP contribution in [-0.2, 0) is 14.8 Å². The van der Waals surface area contributed by atoms with Crippen LogP contribution in [0.25, 0.3) is 0 Å². The molecule has 1 rings (SSSR count). The molecule has 0 amide bonds. The first kappa shape index (κ1) is 36.4. The van der Waals surface area contributed by atoms with E-state index in [1.807, 2.05) is 7.11 Å². The molecule has 3 heteroatoms. The molecular formula is C36H68O2Si. The summed E-state index contributed by atoms with van der Waals surface area (Å²) in [5.41, 5.74) is 0.771. The lowest BCUT2D eigenvalue weighted by molar-refractivity contribution is -0.175. The lowest BCUT2D eigenvalue weighted by Crippen LogP contribution is -2.54. The second kappa shape index (κ2) is 24.0. The standard InChI is InChI=1S/C36H68O2Si/c1-5-8-11-14-17-20-26-31-35(37-4,32-27-21-18-15-12-9-6-2)36(38-39,34-29-24-23-25-30-34)33-28-22-19-16-13-10-7-3/h23-25,29-30H,5-22,26-28,31-33H2,1-4,39H3. The van der Waals surface area contributed by atoms with Gasteiger partial charge in [0.2, 0.25) is 0 Å². The highest BCUT2D eigenvalue weighted by atomic mass is 28.2. The number of methoxy groups -OCH3 is 1. The van der Waals surface area contributed by atoms with Gasteiger partial charge in [0.15, 0.2) is 0 Å². The van der Waals surface area contributed by atoms with Gasteiger partial charge in [-0.15, -0.1) is 0 Å². The summed E-state index contributed by atoms with van der Waals surface area (Å²) < 4.78 is 13.6. The van der Waals surface area contributed by atoms with E-state index in [0.717, 1.165) is 29.7 Å². The maximum Gasteiger partial charge on any atom is 0.147 e. The highest BCUT2D eigenvalue weighted by molar-refractivity contribution is 5.98. The lowest BCUT2D eigenvalue weighted by atomic mass is 9.69. The molecule has 0 aliphatic carbocycles. The summed E-state index contributed by atoms with van der Waals surface area (Å²) in [4.78, 5) is 0. The second-order valence-electron chi connectivity index (χ2n) is 12.2. The van der Waals surface area contributed by atoms with Gasteiger partial charge < -0.3 is 9.16 Å². The van der Waals surface area contributed by atoms with Crippen LogP contribution in [0.4, 0.5) is 0 Å². The van der Waals surface area contributed by atoms with E-state index in [2.05, 4.69) is 51.1 Å². The topological polar surface area (TPSA) is 18.5 Å². The van der Waals surface area contributed by atoms with Crippen molar-refractivity contribution in [2.24, 2.45) is 0 Å². The first-order chi connectivity index (χ1) is 19.2. The molecule has 0 spiro atoms. The van der Waals surface area contributed by atoms with E-state index >= 15 is 0 Å². The minimum atomic E-state index is -0.330. The van der Waals surface area contributed by atoms with Crippen molar-refractivity contribution in [3.05, 3.63) is 35.9 Å². The Morgan fingerprint density at radius 1 is 0.513 bits per heavy atom. The van der Waals surface area contributed by atoms with E-state index in [-0.39, 0.29) is 11.2 Å². The Hall–Kier alpha value is -0.643. The maximum atomic E-state index is 6.86. The van der Waals surface area contributed by atoms with Gasteiger partial charge in [0.05, 0.1) is 5.60 Å². The second-order valence-corrected chi connectivity index (χ2v) is 12.6. The summed E-state index contributed by atoms with van der Waals surface area (Å²) in [5.74, 6) is 0. The molecule has 1 aromatic carbocycles. The molecule has 0 bridgehead atoms. The van der Waals surface area contributed by atoms with Gasteiger partial charge in [0.25, 0.3) is 0 Å². The lowest BCUT2D eigenvalue weighted by Gasteiger charge is -2.50. The van der Waals surface area contributed by atoms with Gasteiger partial charge in [0, 0.05) is 7.11 Å². The third kappa shape index (κ3) is 13.7. The Morgan fingerprint density at radius 2 is 0.872 bits per heavy atom. The summed E-state index contributed by atoms with van der Waals surface area (Å²) in [6.45, 7) is 6.91. The summed E-state index contributed by atoms with van der Waals surface area (Å²) in [5, 5.41) is 0. The molecule has 0 aliphatic heterocycles. The monoisotopic (exact) mass is 560 g/mol. The first-order valence-corrected chi connectivity index (χ1v) is 18.1. The van der Waals surface area contributed by atoms with E-state index in [4.69, 9.17) is 9.16 Å². The molecule has 1 atom stereocenters. The van der Waals surface area contributed by atoms with Crippen LogP contribution in [0.5, 0.6) is 0 Å². The van der Waals surface area contributed by atoms with E-state index in [9.17, 15) is 0 Å². The first-order valence-electron chi connectivity index (χ1n) is 17.3. The van der Waals surface area contributed by atoms with Crippen LogP contribution >= 0.6 is 0 Å². The number of hydrogen-bond acceptors (Lipinski definition) is 2. The Labute approximate surface area is 248 Å². The molecule has 1 aromatic rings. The third-order valence-electron chi connectivity index (χ3n) is 9.22. The van der Waals surface area contributed by atoms with Crippen molar-refractivity contribution in [3.63, 3.8) is 0 Å². The minimum Gasteiger partial charge on any atom is -0.416 e. The molecule has 0 fully saturated rings. The van der Waals surface area contributed by atoms with Crippen LogP contribution in [0.2, 0.25) is 0 Å². The summed E-state index contributed by atoms with van der Waals surface area (Å²) in [6, 6.07) is 11.2. The van der Waals surface area contributed by atoms with Crippen LogP contribution in [0, 0.1) is 0 Å². The van der Waals surface area contributed by atoms with Crippen molar-refractivity contribution in [2.45, 2.75) is 186 Å². The van der Waals surface area contributed by atoms with E-state index in [1.54, 1.807) is 0 Å². The zero-order valence-corrected chi connectivity index (χ0v) is 29.2. The number of benzene rings is 1. The average molecular weight is 561 g/mol. The molecule has 2 nitrogen and oxygen atoms in total. The van der Waals surface area contributed by atoms with Crippen LogP contribution < -0.4 is 0 Å². The van der Waals surface area contributed by atoms with Gasteiger partial charge >= 0.3 is 0 Å².